The number of nitrogens with zero attached hydrogens (tertiary/aromatic N) is 3. The summed E-state index contributed by atoms with van der Waals surface area (Å²) in [5.74, 6) is 0. The van der Waals surface area contributed by atoms with Crippen molar-refractivity contribution < 1.29 is 4.92 Å². The van der Waals surface area contributed by atoms with Crippen molar-refractivity contribution in [1.29, 1.82) is 0 Å². The number of hydrogen-bond acceptors (Lipinski definition) is 3. The Labute approximate surface area is 73.4 Å². The molecule has 0 radical (unpaired) electrons. The molecule has 1 aromatic heterocycles. The topological polar surface area (TPSA) is 61.0 Å². The first kappa shape index (κ1) is 8.73. The predicted molar refractivity (Wildman–Crippen MR) is 44.2 cm³/mol. The summed E-state index contributed by atoms with van der Waals surface area (Å²) in [6, 6.07) is 0. The third kappa shape index (κ3) is 1.82. The van der Waals surface area contributed by atoms with Gasteiger partial charge in [0.2, 0.25) is 6.20 Å². The maximum Gasteiger partial charge on any atom is 0.236 e. The Morgan fingerprint density at radius 3 is 2.92 bits per heavy atom. The zero-order valence-electron chi connectivity index (χ0n) is 6.27. The van der Waals surface area contributed by atoms with E-state index in [1.54, 1.807) is 11.6 Å². The lowest BCUT2D eigenvalue weighted by molar-refractivity contribution is -0.401. The smallest absolute Gasteiger partial charge is 0.236 e. The van der Waals surface area contributed by atoms with Crippen molar-refractivity contribution >= 4 is 17.7 Å². The first-order valence-electron chi connectivity index (χ1n) is 3.10. The van der Waals surface area contributed by atoms with Crippen molar-refractivity contribution in [2.24, 2.45) is 7.05 Å². The maximum atomic E-state index is 9.96. The molecule has 0 bridgehead atoms. The van der Waals surface area contributed by atoms with Crippen LogP contribution >= 0.6 is 11.6 Å². The van der Waals surface area contributed by atoms with E-state index in [-0.39, 0.29) is 5.15 Å². The van der Waals surface area contributed by atoms with Crippen LogP contribution in [0.2, 0.25) is 5.15 Å². The van der Waals surface area contributed by atoms with Crippen molar-refractivity contribution in [3.05, 3.63) is 33.5 Å². The highest BCUT2D eigenvalue weighted by Crippen LogP contribution is 2.13. The third-order valence-electron chi connectivity index (χ3n) is 1.29. The SMILES string of the molecule is Cn1cnc(Cl)c1C=C[N+](=O)[O-]. The zero-order valence-corrected chi connectivity index (χ0v) is 7.02. The zero-order chi connectivity index (χ0) is 9.14. The van der Waals surface area contributed by atoms with E-state index in [4.69, 9.17) is 11.6 Å². The molecule has 6 heteroatoms. The lowest BCUT2D eigenvalue weighted by atomic mass is 10.4. The van der Waals surface area contributed by atoms with Crippen LogP contribution in [0.5, 0.6) is 0 Å². The molecule has 0 amide bonds. The number of aryl methyl sites for hydroxylation is 1. The molecule has 0 atom stereocenters. The standard InChI is InChI=1S/C6H6ClN3O2/c1-9-4-8-6(7)5(9)2-3-10(11)12/h2-4H,1H3. The van der Waals surface area contributed by atoms with Crippen molar-refractivity contribution in [1.82, 2.24) is 9.55 Å². The largest absolute Gasteiger partial charge is 0.333 e. The Kier molecular flexibility index (Phi) is 2.44. The van der Waals surface area contributed by atoms with Crippen LogP contribution < -0.4 is 0 Å². The number of rotatable bonds is 2. The highest BCUT2D eigenvalue weighted by Gasteiger charge is 2.02. The Morgan fingerprint density at radius 2 is 2.50 bits per heavy atom. The van der Waals surface area contributed by atoms with Crippen LogP contribution in [0.3, 0.4) is 0 Å². The highest BCUT2D eigenvalue weighted by molar-refractivity contribution is 6.30. The average molecular weight is 188 g/mol. The summed E-state index contributed by atoms with van der Waals surface area (Å²) in [6.07, 6.45) is 3.61. The molecule has 0 unspecified atom stereocenters. The molecule has 5 nitrogen and oxygen atoms in total. The molecule has 1 aromatic rings. The van der Waals surface area contributed by atoms with Crippen LogP contribution in [-0.4, -0.2) is 14.5 Å². The van der Waals surface area contributed by atoms with E-state index in [1.165, 1.54) is 12.4 Å². The van der Waals surface area contributed by atoms with E-state index in [1.807, 2.05) is 0 Å². The molecule has 1 rings (SSSR count). The molecule has 0 aromatic carbocycles. The molecule has 64 valence electrons. The number of nitro groups is 1. The summed E-state index contributed by atoms with van der Waals surface area (Å²) in [4.78, 5) is 13.2. The predicted octanol–water partition coefficient (Wildman–Crippen LogP) is 1.32. The fourth-order valence-electron chi connectivity index (χ4n) is 0.729. The maximum absolute atomic E-state index is 9.96. The van der Waals surface area contributed by atoms with Crippen molar-refractivity contribution in [2.75, 3.05) is 0 Å². The second-order valence-electron chi connectivity index (χ2n) is 2.13. The highest BCUT2D eigenvalue weighted by atomic mass is 35.5. The Bertz CT molecular complexity index is 312. The molecule has 0 aliphatic carbocycles. The van der Waals surface area contributed by atoms with Gasteiger partial charge in [-0.1, -0.05) is 11.6 Å². The van der Waals surface area contributed by atoms with Crippen LogP contribution in [0.15, 0.2) is 12.5 Å². The van der Waals surface area contributed by atoms with E-state index in [2.05, 4.69) is 4.98 Å². The van der Waals surface area contributed by atoms with Gasteiger partial charge in [-0.3, -0.25) is 10.1 Å². The Balaban J connectivity index is 2.95. The summed E-state index contributed by atoms with van der Waals surface area (Å²) in [7, 11) is 1.71. The molecular weight excluding hydrogens is 182 g/mol. The second-order valence-corrected chi connectivity index (χ2v) is 2.49. The average Bonchev–Trinajstić information content (AvgIpc) is 2.28. The number of imidazole rings is 1. The van der Waals surface area contributed by atoms with Crippen LogP contribution in [0.1, 0.15) is 5.69 Å². The fourth-order valence-corrected chi connectivity index (χ4v) is 0.969. The molecule has 0 saturated carbocycles. The van der Waals surface area contributed by atoms with Gasteiger partial charge in [0.1, 0.15) is 0 Å². The van der Waals surface area contributed by atoms with Gasteiger partial charge < -0.3 is 4.57 Å². The van der Waals surface area contributed by atoms with Crippen LogP contribution in [0, 0.1) is 10.1 Å². The Morgan fingerprint density at radius 1 is 1.83 bits per heavy atom. The van der Waals surface area contributed by atoms with Crippen LogP contribution in [0.4, 0.5) is 0 Å². The van der Waals surface area contributed by atoms with Gasteiger partial charge in [-0.15, -0.1) is 0 Å². The summed E-state index contributed by atoms with van der Waals surface area (Å²) in [5.41, 5.74) is 0.522. The number of aromatic nitrogens is 2. The van der Waals surface area contributed by atoms with Gasteiger partial charge >= 0.3 is 0 Å². The van der Waals surface area contributed by atoms with Crippen molar-refractivity contribution in [3.8, 4) is 0 Å². The normalized spacial score (nSPS) is 10.8. The summed E-state index contributed by atoms with van der Waals surface area (Å²) < 4.78 is 1.60. The summed E-state index contributed by atoms with van der Waals surface area (Å²) >= 11 is 5.62. The van der Waals surface area contributed by atoms with E-state index >= 15 is 0 Å². The van der Waals surface area contributed by atoms with E-state index in [0.29, 0.717) is 5.69 Å². The molecule has 0 spiro atoms. The number of halogens is 1. The molecule has 1 heterocycles. The first-order chi connectivity index (χ1) is 5.61. The summed E-state index contributed by atoms with van der Waals surface area (Å²) in [5, 5.41) is 10.2. The summed E-state index contributed by atoms with van der Waals surface area (Å²) in [6.45, 7) is 0. The minimum absolute atomic E-state index is 0.260. The van der Waals surface area contributed by atoms with Gasteiger partial charge in [-0.25, -0.2) is 4.98 Å². The molecule has 0 N–H and O–H groups in total. The monoisotopic (exact) mass is 187 g/mol. The van der Waals surface area contributed by atoms with Gasteiger partial charge in [-0.2, -0.15) is 0 Å². The van der Waals surface area contributed by atoms with Gasteiger partial charge in [0.05, 0.1) is 16.9 Å². The van der Waals surface area contributed by atoms with Gasteiger partial charge in [0.25, 0.3) is 0 Å². The Hall–Kier alpha value is -1.36. The first-order valence-corrected chi connectivity index (χ1v) is 3.47. The minimum Gasteiger partial charge on any atom is -0.333 e. The van der Waals surface area contributed by atoms with Crippen molar-refractivity contribution in [2.45, 2.75) is 0 Å². The van der Waals surface area contributed by atoms with E-state index in [0.717, 1.165) is 6.20 Å². The van der Waals surface area contributed by atoms with E-state index in [9.17, 15) is 10.1 Å². The molecule has 0 fully saturated rings. The molecular formula is C6H6ClN3O2. The lowest BCUT2D eigenvalue weighted by Gasteiger charge is -1.91. The van der Waals surface area contributed by atoms with Gasteiger partial charge in [0, 0.05) is 13.1 Å². The molecule has 0 aliphatic heterocycles. The fraction of sp³-hybridized carbons (Fsp3) is 0.167. The second kappa shape index (κ2) is 3.36. The van der Waals surface area contributed by atoms with Crippen molar-refractivity contribution in [3.63, 3.8) is 0 Å². The molecule has 12 heavy (non-hydrogen) atoms. The van der Waals surface area contributed by atoms with Gasteiger partial charge in [-0.05, 0) is 0 Å². The van der Waals surface area contributed by atoms with Gasteiger partial charge in [0.15, 0.2) is 5.15 Å². The van der Waals surface area contributed by atoms with Crippen LogP contribution in [-0.2, 0) is 7.05 Å². The lowest BCUT2D eigenvalue weighted by Crippen LogP contribution is -1.89. The minimum atomic E-state index is -0.552. The van der Waals surface area contributed by atoms with E-state index < -0.39 is 4.92 Å². The third-order valence-corrected chi connectivity index (χ3v) is 1.58. The van der Waals surface area contributed by atoms with Crippen LogP contribution in [0.25, 0.3) is 6.08 Å². The molecule has 0 aliphatic rings. The quantitative estimate of drug-likeness (QED) is 0.518. The number of hydrogen-bond donors (Lipinski definition) is 0. The molecule has 0 saturated heterocycles.